The van der Waals surface area contributed by atoms with Crippen LogP contribution in [0.15, 0.2) is 22.7 Å². The van der Waals surface area contributed by atoms with Crippen LogP contribution < -0.4 is 10.5 Å². The van der Waals surface area contributed by atoms with Gasteiger partial charge < -0.3 is 25.2 Å². The largest absolute Gasteiger partial charge is 0.504 e. The number of hydrogen-bond acceptors (Lipinski definition) is 7. The van der Waals surface area contributed by atoms with Crippen molar-refractivity contribution in [3.8, 4) is 22.9 Å². The molecule has 0 aliphatic rings. The molecule has 2 atom stereocenters. The molecule has 0 amide bonds. The van der Waals surface area contributed by atoms with E-state index in [1.165, 1.54) is 20.1 Å². The minimum Gasteiger partial charge on any atom is -0.504 e. The zero-order valence-electron chi connectivity index (χ0n) is 10.6. The Hall–Kier alpha value is -2.12. The summed E-state index contributed by atoms with van der Waals surface area (Å²) >= 11 is 0. The van der Waals surface area contributed by atoms with E-state index in [4.69, 9.17) is 15.0 Å². The number of aromatic hydroxyl groups is 1. The van der Waals surface area contributed by atoms with Crippen molar-refractivity contribution in [2.24, 2.45) is 5.73 Å². The third kappa shape index (κ3) is 2.67. The molecule has 7 heteroatoms. The van der Waals surface area contributed by atoms with Crippen molar-refractivity contribution < 1.29 is 19.5 Å². The Morgan fingerprint density at radius 1 is 1.42 bits per heavy atom. The second-order valence-corrected chi connectivity index (χ2v) is 4.11. The Bertz CT molecular complexity index is 568. The summed E-state index contributed by atoms with van der Waals surface area (Å²) in [7, 11) is 1.45. The standard InChI is InChI=1S/C12H15N3O4/c1-6(16)10(13)12-14-11(15-19-12)7-3-4-8(17)9(5-7)18-2/h3-6,10,16-17H,13H2,1-2H3/t6-,10+/m1/s1. The molecule has 0 fully saturated rings. The fourth-order valence-corrected chi connectivity index (χ4v) is 1.51. The van der Waals surface area contributed by atoms with E-state index in [0.29, 0.717) is 17.1 Å². The van der Waals surface area contributed by atoms with Gasteiger partial charge in [-0.3, -0.25) is 0 Å². The van der Waals surface area contributed by atoms with Gasteiger partial charge in [-0.15, -0.1) is 0 Å². The van der Waals surface area contributed by atoms with Crippen molar-refractivity contribution >= 4 is 0 Å². The quantitative estimate of drug-likeness (QED) is 0.750. The number of phenols is 1. The molecule has 0 saturated heterocycles. The van der Waals surface area contributed by atoms with E-state index >= 15 is 0 Å². The molecule has 2 aromatic rings. The van der Waals surface area contributed by atoms with Gasteiger partial charge >= 0.3 is 0 Å². The highest BCUT2D eigenvalue weighted by Gasteiger charge is 2.20. The zero-order valence-corrected chi connectivity index (χ0v) is 10.6. The van der Waals surface area contributed by atoms with Gasteiger partial charge in [-0.05, 0) is 25.1 Å². The molecule has 1 aromatic heterocycles. The Morgan fingerprint density at radius 2 is 2.16 bits per heavy atom. The van der Waals surface area contributed by atoms with E-state index in [1.807, 2.05) is 0 Å². The Balaban J connectivity index is 2.32. The molecule has 0 aliphatic carbocycles. The third-order valence-electron chi connectivity index (χ3n) is 2.68. The maximum Gasteiger partial charge on any atom is 0.246 e. The number of aliphatic hydroxyl groups is 1. The van der Waals surface area contributed by atoms with Crippen LogP contribution in [0.1, 0.15) is 18.9 Å². The topological polar surface area (TPSA) is 115 Å². The van der Waals surface area contributed by atoms with E-state index in [2.05, 4.69) is 10.1 Å². The first-order valence-electron chi connectivity index (χ1n) is 5.67. The average Bonchev–Trinajstić information content (AvgIpc) is 2.87. The summed E-state index contributed by atoms with van der Waals surface area (Å²) in [6.45, 7) is 1.54. The molecule has 1 heterocycles. The number of benzene rings is 1. The Morgan fingerprint density at radius 3 is 2.79 bits per heavy atom. The van der Waals surface area contributed by atoms with E-state index in [0.717, 1.165) is 0 Å². The smallest absolute Gasteiger partial charge is 0.246 e. The molecule has 7 nitrogen and oxygen atoms in total. The molecular formula is C12H15N3O4. The van der Waals surface area contributed by atoms with E-state index in [9.17, 15) is 10.2 Å². The molecule has 2 rings (SSSR count). The van der Waals surface area contributed by atoms with Gasteiger partial charge in [-0.1, -0.05) is 5.16 Å². The number of hydrogen-bond donors (Lipinski definition) is 3. The fourth-order valence-electron chi connectivity index (χ4n) is 1.51. The lowest BCUT2D eigenvalue weighted by molar-refractivity contribution is 0.146. The van der Waals surface area contributed by atoms with Crippen molar-refractivity contribution in [3.05, 3.63) is 24.1 Å². The molecular weight excluding hydrogens is 250 g/mol. The number of rotatable bonds is 4. The first-order chi connectivity index (χ1) is 9.02. The van der Waals surface area contributed by atoms with Crippen molar-refractivity contribution in [1.29, 1.82) is 0 Å². The van der Waals surface area contributed by atoms with Crippen molar-refractivity contribution in [2.45, 2.75) is 19.1 Å². The number of nitrogens with two attached hydrogens (primary N) is 1. The van der Waals surface area contributed by atoms with Crippen molar-refractivity contribution in [1.82, 2.24) is 10.1 Å². The minimum atomic E-state index is -0.789. The maximum atomic E-state index is 9.51. The molecule has 0 bridgehead atoms. The van der Waals surface area contributed by atoms with Crippen LogP contribution in [-0.4, -0.2) is 33.6 Å². The van der Waals surface area contributed by atoms with Gasteiger partial charge in [0.05, 0.1) is 13.2 Å². The Kier molecular flexibility index (Phi) is 3.68. The van der Waals surface area contributed by atoms with Gasteiger partial charge in [0.25, 0.3) is 0 Å². The SMILES string of the molecule is COc1cc(-c2noc([C@@H](N)[C@@H](C)O)n2)ccc1O. The molecule has 102 valence electrons. The summed E-state index contributed by atoms with van der Waals surface area (Å²) < 4.78 is 10.00. The van der Waals surface area contributed by atoms with Gasteiger partial charge in [0.15, 0.2) is 11.5 Å². The normalized spacial score (nSPS) is 14.1. The number of methoxy groups -OCH3 is 1. The van der Waals surface area contributed by atoms with Gasteiger partial charge in [-0.2, -0.15) is 4.98 Å². The number of phenolic OH excluding ortho intramolecular Hbond substituents is 1. The highest BCUT2D eigenvalue weighted by atomic mass is 16.5. The summed E-state index contributed by atoms with van der Waals surface area (Å²) in [5, 5.41) is 22.7. The van der Waals surface area contributed by atoms with Gasteiger partial charge in [0.1, 0.15) is 6.04 Å². The summed E-state index contributed by atoms with van der Waals surface area (Å²) in [6, 6.07) is 3.94. The van der Waals surface area contributed by atoms with Crippen molar-refractivity contribution in [3.63, 3.8) is 0 Å². The van der Waals surface area contributed by atoms with Crippen LogP contribution in [0, 0.1) is 0 Å². The van der Waals surface area contributed by atoms with Gasteiger partial charge in [0.2, 0.25) is 11.7 Å². The summed E-state index contributed by atoms with van der Waals surface area (Å²) in [4.78, 5) is 4.11. The lowest BCUT2D eigenvalue weighted by Crippen LogP contribution is -2.23. The summed E-state index contributed by atoms with van der Waals surface area (Å²) in [5.41, 5.74) is 6.31. The van der Waals surface area contributed by atoms with Gasteiger partial charge in [0, 0.05) is 5.56 Å². The summed E-state index contributed by atoms with van der Waals surface area (Å²) in [6.07, 6.45) is -0.789. The molecule has 0 unspecified atom stereocenters. The lowest BCUT2D eigenvalue weighted by atomic mass is 10.2. The molecule has 0 saturated carbocycles. The highest BCUT2D eigenvalue weighted by Crippen LogP contribution is 2.30. The van der Waals surface area contributed by atoms with Crippen molar-refractivity contribution in [2.75, 3.05) is 7.11 Å². The highest BCUT2D eigenvalue weighted by molar-refractivity contribution is 5.60. The number of aliphatic hydroxyl groups excluding tert-OH is 1. The Labute approximate surface area is 109 Å². The van der Waals surface area contributed by atoms with Crippen LogP contribution in [0.5, 0.6) is 11.5 Å². The zero-order chi connectivity index (χ0) is 14.0. The first-order valence-corrected chi connectivity index (χ1v) is 5.67. The van der Waals surface area contributed by atoms with E-state index in [1.54, 1.807) is 12.1 Å². The number of nitrogens with zero attached hydrogens (tertiary/aromatic N) is 2. The van der Waals surface area contributed by atoms with Crippen LogP contribution >= 0.6 is 0 Å². The van der Waals surface area contributed by atoms with Crippen LogP contribution in [0.3, 0.4) is 0 Å². The first kappa shape index (κ1) is 13.3. The lowest BCUT2D eigenvalue weighted by Gasteiger charge is -2.08. The van der Waals surface area contributed by atoms with E-state index < -0.39 is 12.1 Å². The predicted molar refractivity (Wildman–Crippen MR) is 66.6 cm³/mol. The third-order valence-corrected chi connectivity index (χ3v) is 2.68. The average molecular weight is 265 g/mol. The van der Waals surface area contributed by atoms with Crippen LogP contribution in [0.25, 0.3) is 11.4 Å². The van der Waals surface area contributed by atoms with E-state index in [-0.39, 0.29) is 11.6 Å². The molecule has 4 N–H and O–H groups in total. The molecule has 0 spiro atoms. The molecule has 1 aromatic carbocycles. The minimum absolute atomic E-state index is 0.0238. The monoisotopic (exact) mass is 265 g/mol. The number of ether oxygens (including phenoxy) is 1. The van der Waals surface area contributed by atoms with Gasteiger partial charge in [-0.25, -0.2) is 0 Å². The second kappa shape index (κ2) is 5.25. The second-order valence-electron chi connectivity index (χ2n) is 4.11. The van der Waals surface area contributed by atoms with Crippen LogP contribution in [0.4, 0.5) is 0 Å². The van der Waals surface area contributed by atoms with Crippen LogP contribution in [0.2, 0.25) is 0 Å². The van der Waals surface area contributed by atoms with Crippen LogP contribution in [-0.2, 0) is 0 Å². The fraction of sp³-hybridized carbons (Fsp3) is 0.333. The summed E-state index contributed by atoms with van der Waals surface area (Å²) in [5.74, 6) is 0.792. The predicted octanol–water partition coefficient (Wildman–Crippen LogP) is 0.831. The molecule has 0 radical (unpaired) electrons. The molecule has 0 aliphatic heterocycles. The number of aromatic nitrogens is 2. The maximum absolute atomic E-state index is 9.51. The molecule has 19 heavy (non-hydrogen) atoms.